The summed E-state index contributed by atoms with van der Waals surface area (Å²) in [5.74, 6) is 0.221. The number of anilines is 1. The highest BCUT2D eigenvalue weighted by Gasteiger charge is 2.41. The molecule has 0 radical (unpaired) electrons. The van der Waals surface area contributed by atoms with Gasteiger partial charge in [-0.3, -0.25) is 4.79 Å². The van der Waals surface area contributed by atoms with Crippen LogP contribution in [0.2, 0.25) is 0 Å². The van der Waals surface area contributed by atoms with Crippen LogP contribution in [0.15, 0.2) is 36.4 Å². The van der Waals surface area contributed by atoms with Gasteiger partial charge >= 0.3 is 0 Å². The molecule has 1 fully saturated rings. The highest BCUT2D eigenvalue weighted by Crippen LogP contribution is 2.40. The second kappa shape index (κ2) is 7.85. The number of amides is 1. The van der Waals surface area contributed by atoms with Crippen LogP contribution in [-0.4, -0.2) is 17.5 Å². The van der Waals surface area contributed by atoms with Gasteiger partial charge in [-0.2, -0.15) is 0 Å². The van der Waals surface area contributed by atoms with Crippen molar-refractivity contribution in [2.45, 2.75) is 51.4 Å². The molecule has 138 valence electrons. The number of pyridine rings is 1. The topological polar surface area (TPSA) is 51.2 Å². The fourth-order valence-electron chi connectivity index (χ4n) is 3.71. The Balaban J connectivity index is 1.88. The van der Waals surface area contributed by atoms with E-state index in [4.69, 9.17) is 4.74 Å². The molecule has 2 aromatic rings. The molecular formula is C21H25FN2O2. The van der Waals surface area contributed by atoms with Crippen LogP contribution in [0, 0.1) is 12.7 Å². The third kappa shape index (κ3) is 3.71. The molecule has 1 amide bonds. The molecule has 5 heteroatoms. The fraction of sp³-hybridized carbons (Fsp3) is 0.429. The number of nitrogens with zero attached hydrogens (tertiary/aromatic N) is 1. The minimum absolute atomic E-state index is 0.0436. The SMILES string of the molecule is CCOc1ccc(NC(=O)C2(c3ccc(F)cc3)CCCCC2)c(C)n1. The normalized spacial score (nSPS) is 16.1. The first kappa shape index (κ1) is 18.4. The second-order valence-electron chi connectivity index (χ2n) is 6.82. The van der Waals surface area contributed by atoms with Gasteiger partial charge in [-0.15, -0.1) is 0 Å². The molecule has 1 aromatic carbocycles. The smallest absolute Gasteiger partial charge is 0.235 e. The second-order valence-corrected chi connectivity index (χ2v) is 6.82. The van der Waals surface area contributed by atoms with E-state index >= 15 is 0 Å². The van der Waals surface area contributed by atoms with Crippen LogP contribution < -0.4 is 10.1 Å². The zero-order valence-corrected chi connectivity index (χ0v) is 15.3. The quantitative estimate of drug-likeness (QED) is 0.840. The number of rotatable bonds is 5. The minimum atomic E-state index is -0.614. The van der Waals surface area contributed by atoms with Crippen LogP contribution in [0.3, 0.4) is 0 Å². The van der Waals surface area contributed by atoms with Crippen molar-refractivity contribution in [1.29, 1.82) is 0 Å². The summed E-state index contributed by atoms with van der Waals surface area (Å²) in [6.07, 6.45) is 4.65. The van der Waals surface area contributed by atoms with Crippen molar-refractivity contribution < 1.29 is 13.9 Å². The monoisotopic (exact) mass is 356 g/mol. The summed E-state index contributed by atoms with van der Waals surface area (Å²) in [5.41, 5.74) is 1.67. The summed E-state index contributed by atoms with van der Waals surface area (Å²) in [6, 6.07) is 9.93. The van der Waals surface area contributed by atoms with E-state index in [1.54, 1.807) is 18.2 Å². The fourth-order valence-corrected chi connectivity index (χ4v) is 3.71. The summed E-state index contributed by atoms with van der Waals surface area (Å²) in [6.45, 7) is 4.30. The van der Waals surface area contributed by atoms with Gasteiger partial charge in [0, 0.05) is 6.07 Å². The Hall–Kier alpha value is -2.43. The van der Waals surface area contributed by atoms with Crippen molar-refractivity contribution in [3.8, 4) is 5.88 Å². The number of carbonyl (C=O) groups excluding carboxylic acids is 1. The lowest BCUT2D eigenvalue weighted by molar-refractivity contribution is -0.122. The van der Waals surface area contributed by atoms with Crippen LogP contribution in [0.25, 0.3) is 0 Å². The molecule has 1 N–H and O–H groups in total. The van der Waals surface area contributed by atoms with Gasteiger partial charge in [-0.05, 0) is 50.5 Å². The molecule has 0 bridgehead atoms. The van der Waals surface area contributed by atoms with E-state index in [-0.39, 0.29) is 11.7 Å². The first-order chi connectivity index (χ1) is 12.5. The zero-order chi connectivity index (χ0) is 18.6. The molecule has 1 aliphatic rings. The van der Waals surface area contributed by atoms with E-state index < -0.39 is 5.41 Å². The Labute approximate surface area is 153 Å². The lowest BCUT2D eigenvalue weighted by Gasteiger charge is -2.36. The van der Waals surface area contributed by atoms with Crippen LogP contribution in [0.4, 0.5) is 10.1 Å². The van der Waals surface area contributed by atoms with Crippen molar-refractivity contribution >= 4 is 11.6 Å². The molecule has 1 heterocycles. The average Bonchev–Trinajstić information content (AvgIpc) is 2.65. The number of aromatic nitrogens is 1. The Morgan fingerprint density at radius 2 is 1.85 bits per heavy atom. The van der Waals surface area contributed by atoms with Crippen molar-refractivity contribution in [3.05, 3.63) is 53.5 Å². The van der Waals surface area contributed by atoms with Crippen molar-refractivity contribution in [1.82, 2.24) is 4.98 Å². The standard InChI is InChI=1S/C21H25FN2O2/c1-3-26-19-12-11-18(15(2)23-19)24-20(25)21(13-5-4-6-14-21)16-7-9-17(22)10-8-16/h7-12H,3-6,13-14H2,1-2H3,(H,24,25). The third-order valence-corrected chi connectivity index (χ3v) is 5.14. The maximum atomic E-state index is 13.4. The van der Waals surface area contributed by atoms with Gasteiger partial charge in [0.2, 0.25) is 11.8 Å². The summed E-state index contributed by atoms with van der Waals surface area (Å²) in [7, 11) is 0. The molecule has 0 unspecified atom stereocenters. The van der Waals surface area contributed by atoms with Gasteiger partial charge in [0.15, 0.2) is 0 Å². The number of halogens is 1. The van der Waals surface area contributed by atoms with E-state index in [0.717, 1.165) is 43.4 Å². The molecule has 3 rings (SSSR count). The first-order valence-corrected chi connectivity index (χ1v) is 9.23. The van der Waals surface area contributed by atoms with Gasteiger partial charge in [0.1, 0.15) is 5.82 Å². The molecule has 1 aliphatic carbocycles. The molecular weight excluding hydrogens is 331 g/mol. The number of hydrogen-bond acceptors (Lipinski definition) is 3. The molecule has 0 atom stereocenters. The van der Waals surface area contributed by atoms with Gasteiger partial charge in [0.05, 0.1) is 23.4 Å². The van der Waals surface area contributed by atoms with Crippen LogP contribution >= 0.6 is 0 Å². The molecule has 4 nitrogen and oxygen atoms in total. The largest absolute Gasteiger partial charge is 0.478 e. The number of hydrogen-bond donors (Lipinski definition) is 1. The number of aryl methyl sites for hydroxylation is 1. The van der Waals surface area contributed by atoms with Crippen LogP contribution in [-0.2, 0) is 10.2 Å². The van der Waals surface area contributed by atoms with Crippen molar-refractivity contribution in [3.63, 3.8) is 0 Å². The van der Waals surface area contributed by atoms with Crippen molar-refractivity contribution in [2.24, 2.45) is 0 Å². The molecule has 0 spiro atoms. The van der Waals surface area contributed by atoms with Crippen LogP contribution in [0.5, 0.6) is 5.88 Å². The summed E-state index contributed by atoms with van der Waals surface area (Å²) in [5, 5.41) is 3.05. The van der Waals surface area contributed by atoms with E-state index in [2.05, 4.69) is 10.3 Å². The number of carbonyl (C=O) groups is 1. The predicted molar refractivity (Wildman–Crippen MR) is 99.9 cm³/mol. The predicted octanol–water partition coefficient (Wildman–Crippen LogP) is 4.77. The lowest BCUT2D eigenvalue weighted by Crippen LogP contribution is -2.42. The summed E-state index contributed by atoms with van der Waals surface area (Å²) in [4.78, 5) is 17.7. The number of ether oxygens (including phenoxy) is 1. The summed E-state index contributed by atoms with van der Waals surface area (Å²) < 4.78 is 18.8. The van der Waals surface area contributed by atoms with Gasteiger partial charge in [0.25, 0.3) is 0 Å². The van der Waals surface area contributed by atoms with Crippen molar-refractivity contribution in [2.75, 3.05) is 11.9 Å². The molecule has 0 aliphatic heterocycles. The Morgan fingerprint density at radius 1 is 1.15 bits per heavy atom. The highest BCUT2D eigenvalue weighted by molar-refractivity contribution is 5.99. The molecule has 1 saturated carbocycles. The zero-order valence-electron chi connectivity index (χ0n) is 15.3. The first-order valence-electron chi connectivity index (χ1n) is 9.23. The molecule has 1 aromatic heterocycles. The Kier molecular flexibility index (Phi) is 5.55. The van der Waals surface area contributed by atoms with E-state index in [1.807, 2.05) is 19.9 Å². The molecule has 26 heavy (non-hydrogen) atoms. The third-order valence-electron chi connectivity index (χ3n) is 5.14. The van der Waals surface area contributed by atoms with Gasteiger partial charge in [-0.1, -0.05) is 31.4 Å². The number of nitrogens with one attached hydrogen (secondary N) is 1. The van der Waals surface area contributed by atoms with E-state index in [1.165, 1.54) is 12.1 Å². The Bertz CT molecular complexity index is 768. The van der Waals surface area contributed by atoms with E-state index in [0.29, 0.717) is 18.2 Å². The lowest BCUT2D eigenvalue weighted by atomic mass is 9.68. The van der Waals surface area contributed by atoms with E-state index in [9.17, 15) is 9.18 Å². The highest BCUT2D eigenvalue weighted by atomic mass is 19.1. The van der Waals surface area contributed by atoms with Gasteiger partial charge in [-0.25, -0.2) is 9.37 Å². The molecule has 0 saturated heterocycles. The van der Waals surface area contributed by atoms with Crippen LogP contribution in [0.1, 0.15) is 50.3 Å². The maximum Gasteiger partial charge on any atom is 0.235 e. The average molecular weight is 356 g/mol. The minimum Gasteiger partial charge on any atom is -0.478 e. The Morgan fingerprint density at radius 3 is 2.46 bits per heavy atom. The van der Waals surface area contributed by atoms with Gasteiger partial charge < -0.3 is 10.1 Å². The maximum absolute atomic E-state index is 13.4. The number of benzene rings is 1. The summed E-state index contributed by atoms with van der Waals surface area (Å²) >= 11 is 0.